The predicted octanol–water partition coefficient (Wildman–Crippen LogP) is 4.56. The molecule has 26 heavy (non-hydrogen) atoms. The molecule has 0 spiro atoms. The van der Waals surface area contributed by atoms with Gasteiger partial charge in [-0.15, -0.1) is 0 Å². The third-order valence-electron chi connectivity index (χ3n) is 3.51. The van der Waals surface area contributed by atoms with Crippen LogP contribution in [0.4, 0.5) is 5.00 Å². The molecule has 0 saturated heterocycles. The van der Waals surface area contributed by atoms with Gasteiger partial charge >= 0.3 is 0 Å². The van der Waals surface area contributed by atoms with Gasteiger partial charge in [-0.25, -0.2) is 4.98 Å². The van der Waals surface area contributed by atoms with Gasteiger partial charge in [-0.05, 0) is 30.5 Å². The van der Waals surface area contributed by atoms with Gasteiger partial charge in [0.1, 0.15) is 22.2 Å². The lowest BCUT2D eigenvalue weighted by atomic mass is 10.2. The summed E-state index contributed by atoms with van der Waals surface area (Å²) in [6.07, 6.45) is 1.96. The minimum absolute atomic E-state index is 0.0763. The average Bonchev–Trinajstić information content (AvgIpc) is 3.10. The molecule has 1 aromatic heterocycles. The largest absolute Gasteiger partial charge is 0.497 e. The second kappa shape index (κ2) is 8.73. The highest BCUT2D eigenvalue weighted by molar-refractivity contribution is 8.00. The Hall–Kier alpha value is -2.51. The Kier molecular flexibility index (Phi) is 6.14. The topological polar surface area (TPSA) is 60.5 Å². The number of amides is 1. The van der Waals surface area contributed by atoms with Crippen LogP contribution in [0.3, 0.4) is 0 Å². The molecular formula is C19H18N2O3S2. The van der Waals surface area contributed by atoms with Crippen LogP contribution >= 0.6 is 23.1 Å². The maximum absolute atomic E-state index is 12.3. The summed E-state index contributed by atoms with van der Waals surface area (Å²) in [5.41, 5.74) is 1.74. The average molecular weight is 386 g/mol. The van der Waals surface area contributed by atoms with Crippen molar-refractivity contribution in [2.45, 2.75) is 4.34 Å². The number of ether oxygens (including phenoxy) is 2. The Morgan fingerprint density at radius 1 is 1.12 bits per heavy atom. The molecule has 1 N–H and O–H groups in total. The SMILES string of the molecule is COc1ccc(OCC(=O)Nc2sc(SC)nc2-c2ccccc2)cc1. The standard InChI is InChI=1S/C19H18N2O3S2/c1-23-14-8-10-15(11-9-14)24-12-16(22)20-18-17(21-19(25-2)26-18)13-6-4-3-5-7-13/h3-11H,12H2,1-2H3,(H,20,22). The number of rotatable bonds is 7. The lowest BCUT2D eigenvalue weighted by Crippen LogP contribution is -2.19. The maximum Gasteiger partial charge on any atom is 0.262 e. The van der Waals surface area contributed by atoms with E-state index in [9.17, 15) is 4.79 Å². The molecule has 1 heterocycles. The number of hydrogen-bond donors (Lipinski definition) is 1. The number of aromatic nitrogens is 1. The zero-order valence-electron chi connectivity index (χ0n) is 14.4. The fourth-order valence-electron chi connectivity index (χ4n) is 2.25. The first-order valence-corrected chi connectivity index (χ1v) is 9.90. The van der Waals surface area contributed by atoms with E-state index in [0.717, 1.165) is 26.3 Å². The molecule has 0 unspecified atom stereocenters. The second-order valence-electron chi connectivity index (χ2n) is 5.24. The number of nitrogens with zero attached hydrogens (tertiary/aromatic N) is 1. The van der Waals surface area contributed by atoms with Crippen molar-refractivity contribution in [2.24, 2.45) is 0 Å². The number of thiazole rings is 1. The summed E-state index contributed by atoms with van der Waals surface area (Å²) >= 11 is 3.01. The summed E-state index contributed by atoms with van der Waals surface area (Å²) in [5.74, 6) is 1.12. The summed E-state index contributed by atoms with van der Waals surface area (Å²) in [7, 11) is 1.60. The maximum atomic E-state index is 12.3. The molecule has 0 aliphatic carbocycles. The number of thioether (sulfide) groups is 1. The van der Waals surface area contributed by atoms with Crippen LogP contribution in [0.5, 0.6) is 11.5 Å². The van der Waals surface area contributed by atoms with Crippen molar-refractivity contribution in [3.63, 3.8) is 0 Å². The third-order valence-corrected chi connectivity index (χ3v) is 5.47. The first-order valence-electron chi connectivity index (χ1n) is 7.86. The van der Waals surface area contributed by atoms with E-state index in [1.54, 1.807) is 43.1 Å². The number of carbonyl (C=O) groups is 1. The molecular weight excluding hydrogens is 368 g/mol. The van der Waals surface area contributed by atoms with Crippen molar-refractivity contribution < 1.29 is 14.3 Å². The summed E-state index contributed by atoms with van der Waals surface area (Å²) in [5, 5.41) is 3.64. The van der Waals surface area contributed by atoms with E-state index in [-0.39, 0.29) is 12.5 Å². The monoisotopic (exact) mass is 386 g/mol. The van der Waals surface area contributed by atoms with E-state index >= 15 is 0 Å². The molecule has 0 atom stereocenters. The van der Waals surface area contributed by atoms with Crippen LogP contribution in [-0.2, 0) is 4.79 Å². The molecule has 1 amide bonds. The van der Waals surface area contributed by atoms with Crippen LogP contribution in [0.1, 0.15) is 0 Å². The number of benzene rings is 2. The van der Waals surface area contributed by atoms with Gasteiger partial charge in [0.05, 0.1) is 7.11 Å². The Labute approximate surface area is 160 Å². The van der Waals surface area contributed by atoms with Crippen LogP contribution in [-0.4, -0.2) is 30.9 Å². The van der Waals surface area contributed by atoms with Crippen LogP contribution in [0.15, 0.2) is 58.9 Å². The lowest BCUT2D eigenvalue weighted by Gasteiger charge is -2.08. The predicted molar refractivity (Wildman–Crippen MR) is 106 cm³/mol. The summed E-state index contributed by atoms with van der Waals surface area (Å²) < 4.78 is 11.5. The summed E-state index contributed by atoms with van der Waals surface area (Å²) in [4.78, 5) is 16.9. The molecule has 2 aromatic carbocycles. The van der Waals surface area contributed by atoms with E-state index in [1.807, 2.05) is 36.6 Å². The molecule has 0 radical (unpaired) electrons. The Balaban J connectivity index is 1.67. The van der Waals surface area contributed by atoms with E-state index in [2.05, 4.69) is 10.3 Å². The number of hydrogen-bond acceptors (Lipinski definition) is 6. The van der Waals surface area contributed by atoms with Gasteiger partial charge in [0.15, 0.2) is 10.9 Å². The molecule has 0 bridgehead atoms. The summed E-state index contributed by atoms with van der Waals surface area (Å²) in [6, 6.07) is 16.9. The minimum Gasteiger partial charge on any atom is -0.497 e. The van der Waals surface area contributed by atoms with Gasteiger partial charge in [0, 0.05) is 5.56 Å². The zero-order valence-corrected chi connectivity index (χ0v) is 16.0. The van der Waals surface area contributed by atoms with Crippen molar-refractivity contribution in [2.75, 3.05) is 25.3 Å². The quantitative estimate of drug-likeness (QED) is 0.603. The minimum atomic E-state index is -0.227. The fourth-order valence-corrected chi connectivity index (χ4v) is 3.75. The molecule has 5 nitrogen and oxygen atoms in total. The smallest absolute Gasteiger partial charge is 0.262 e. The third kappa shape index (κ3) is 4.56. The normalized spacial score (nSPS) is 10.4. The van der Waals surface area contributed by atoms with Gasteiger partial charge in [0.2, 0.25) is 0 Å². The van der Waals surface area contributed by atoms with Crippen LogP contribution < -0.4 is 14.8 Å². The zero-order chi connectivity index (χ0) is 18.4. The van der Waals surface area contributed by atoms with Gasteiger partial charge in [-0.1, -0.05) is 53.4 Å². The molecule has 7 heteroatoms. The molecule has 0 aliphatic heterocycles. The second-order valence-corrected chi connectivity index (χ2v) is 7.29. The van der Waals surface area contributed by atoms with Crippen molar-refractivity contribution in [1.82, 2.24) is 4.98 Å². The van der Waals surface area contributed by atoms with E-state index in [4.69, 9.17) is 9.47 Å². The number of carbonyl (C=O) groups excluding carboxylic acids is 1. The first-order chi connectivity index (χ1) is 12.7. The van der Waals surface area contributed by atoms with Crippen LogP contribution in [0, 0.1) is 0 Å². The van der Waals surface area contributed by atoms with Crippen LogP contribution in [0.25, 0.3) is 11.3 Å². The highest BCUT2D eigenvalue weighted by Gasteiger charge is 2.15. The highest BCUT2D eigenvalue weighted by atomic mass is 32.2. The van der Waals surface area contributed by atoms with Crippen molar-refractivity contribution in [3.05, 3.63) is 54.6 Å². The van der Waals surface area contributed by atoms with E-state index < -0.39 is 0 Å². The fraction of sp³-hybridized carbons (Fsp3) is 0.158. The number of methoxy groups -OCH3 is 1. The molecule has 134 valence electrons. The summed E-state index contributed by atoms with van der Waals surface area (Å²) in [6.45, 7) is -0.0763. The lowest BCUT2D eigenvalue weighted by molar-refractivity contribution is -0.118. The first kappa shape index (κ1) is 18.3. The van der Waals surface area contributed by atoms with Gasteiger partial charge in [0.25, 0.3) is 5.91 Å². The number of nitrogens with one attached hydrogen (secondary N) is 1. The van der Waals surface area contributed by atoms with Gasteiger partial charge in [-0.3, -0.25) is 4.79 Å². The van der Waals surface area contributed by atoms with Crippen molar-refractivity contribution in [3.8, 4) is 22.8 Å². The molecule has 0 fully saturated rings. The number of anilines is 1. The van der Waals surface area contributed by atoms with E-state index in [1.165, 1.54) is 11.3 Å². The van der Waals surface area contributed by atoms with Crippen molar-refractivity contribution in [1.29, 1.82) is 0 Å². The Bertz CT molecular complexity index is 864. The van der Waals surface area contributed by atoms with Crippen molar-refractivity contribution >= 4 is 34.0 Å². The Morgan fingerprint density at radius 3 is 2.46 bits per heavy atom. The van der Waals surface area contributed by atoms with Gasteiger partial charge < -0.3 is 14.8 Å². The van der Waals surface area contributed by atoms with Gasteiger partial charge in [-0.2, -0.15) is 0 Å². The molecule has 3 rings (SSSR count). The Morgan fingerprint density at radius 2 is 1.81 bits per heavy atom. The van der Waals surface area contributed by atoms with E-state index in [0.29, 0.717) is 5.75 Å². The molecule has 0 saturated carbocycles. The molecule has 0 aliphatic rings. The molecule has 3 aromatic rings. The van der Waals surface area contributed by atoms with Crippen LogP contribution in [0.2, 0.25) is 0 Å². The highest BCUT2D eigenvalue weighted by Crippen LogP contribution is 2.36.